The topological polar surface area (TPSA) is 52.6 Å². The second-order valence-electron chi connectivity index (χ2n) is 28.6. The average molecular weight is 1060 g/mol. The van der Waals surface area contributed by atoms with Gasteiger partial charge in [0.1, 0.15) is 22.7 Å². The van der Waals surface area contributed by atoms with Crippen molar-refractivity contribution in [1.82, 2.24) is 0 Å². The molecule has 6 aromatic carbocycles. The van der Waals surface area contributed by atoms with Crippen molar-refractivity contribution in [2.75, 3.05) is 0 Å². The standard InChI is InChI=1S/2C33H44O2P.Fe/c2*1-30(2,3)22-17-24-23(26(18-22)31(4,5)6)19-27-25(29(24)21-15-13-14-16-21)20-28(32(7,8)9)35-36(34-27)33(10,11)12;/h2*13-20H,1-12H3;/q2*-1;. The number of hydrogen-bond donors (Lipinski definition) is 0. The van der Waals surface area contributed by atoms with Gasteiger partial charge >= 0.3 is 0 Å². The quantitative estimate of drug-likeness (QED) is 0.128. The second kappa shape index (κ2) is 19.8. The van der Waals surface area contributed by atoms with Crippen molar-refractivity contribution in [2.45, 2.75) is 209 Å². The van der Waals surface area contributed by atoms with Gasteiger partial charge in [-0.1, -0.05) is 182 Å². The summed E-state index contributed by atoms with van der Waals surface area (Å²) in [5.74, 6) is 1.97. The zero-order valence-electron chi connectivity index (χ0n) is 49.1. The fourth-order valence-electron chi connectivity index (χ4n) is 9.20. The van der Waals surface area contributed by atoms with Gasteiger partial charge in [0.15, 0.2) is 0 Å². The average Bonchev–Trinajstić information content (AvgIpc) is 3.86. The number of benzene rings is 4. The molecule has 7 heteroatoms. The maximum atomic E-state index is 6.85. The van der Waals surface area contributed by atoms with Crippen LogP contribution in [-0.2, 0) is 59.9 Å². The van der Waals surface area contributed by atoms with E-state index < -0.39 is 16.0 Å². The van der Waals surface area contributed by atoms with Crippen LogP contribution in [0.2, 0.25) is 0 Å². The summed E-state index contributed by atoms with van der Waals surface area (Å²) in [6.07, 6.45) is 0. The third-order valence-corrected chi connectivity index (χ3v) is 17.3. The molecule has 0 amide bonds. The molecule has 396 valence electrons. The van der Waals surface area contributed by atoms with E-state index in [1.165, 1.54) is 66.1 Å². The van der Waals surface area contributed by atoms with Crippen molar-refractivity contribution < 1.29 is 33.9 Å². The normalized spacial score (nSPS) is 13.9. The Labute approximate surface area is 452 Å². The van der Waals surface area contributed by atoms with Crippen LogP contribution in [0.5, 0.6) is 0 Å². The molecule has 0 fully saturated rings. The van der Waals surface area contributed by atoms with Gasteiger partial charge in [0.25, 0.3) is 0 Å². The first-order valence-corrected chi connectivity index (χ1v) is 28.6. The fraction of sp³-hybridized carbons (Fsp3) is 0.485. The van der Waals surface area contributed by atoms with Crippen molar-refractivity contribution in [1.29, 1.82) is 0 Å². The van der Waals surface area contributed by atoms with Crippen LogP contribution in [0.1, 0.15) is 200 Å². The molecule has 2 aromatic heterocycles. The molecular formula is C66H88FeO4P2-2. The van der Waals surface area contributed by atoms with Crippen LogP contribution in [0.4, 0.5) is 0 Å². The first-order chi connectivity index (χ1) is 32.7. The van der Waals surface area contributed by atoms with Gasteiger partial charge in [-0.3, -0.25) is 0 Å². The smallest absolute Gasteiger partial charge is 0.221 e. The predicted molar refractivity (Wildman–Crippen MR) is 317 cm³/mol. The number of hydrogen-bond acceptors (Lipinski definition) is 4. The maximum Gasteiger partial charge on any atom is 0.221 e. The van der Waals surface area contributed by atoms with Gasteiger partial charge in [-0.15, -0.1) is 24.3 Å². The second-order valence-corrected chi connectivity index (χ2v) is 33.1. The van der Waals surface area contributed by atoms with Gasteiger partial charge in [-0.05, 0) is 131 Å². The van der Waals surface area contributed by atoms with Gasteiger partial charge < -0.3 is 16.8 Å². The molecule has 2 atom stereocenters. The Balaban J connectivity index is 0.000000235. The van der Waals surface area contributed by atoms with Crippen LogP contribution in [0.3, 0.4) is 0 Å². The SMILES string of the molecule is CC(C)(C)c1cc(C(C)(C)C)c2cc3op(C(C)(C)C)oc(C(C)(C)C)cc3c(-[c-]3cccc3)c2c1.CC(C)(C)c1cc(C(C)(C)C)c2cc3op(C(C)(C)C)oc(C(C)(C)C)cc3c(-[c-]3cccc3)c2c1.[Fe]. The summed E-state index contributed by atoms with van der Waals surface area (Å²) in [5, 5.41) is 7.10. The fourth-order valence-corrected chi connectivity index (χ4v) is 12.0. The Kier molecular flexibility index (Phi) is 15.8. The van der Waals surface area contributed by atoms with E-state index in [0.29, 0.717) is 0 Å². The third-order valence-electron chi connectivity index (χ3n) is 13.6. The van der Waals surface area contributed by atoms with E-state index in [0.717, 1.165) is 33.5 Å². The molecule has 8 aromatic rings. The van der Waals surface area contributed by atoms with Crippen LogP contribution in [0.25, 0.3) is 65.7 Å². The summed E-state index contributed by atoms with van der Waals surface area (Å²) in [4.78, 5) is 0. The predicted octanol–water partition coefficient (Wildman–Crippen LogP) is 22.6. The molecule has 0 radical (unpaired) electrons. The molecule has 4 nitrogen and oxygen atoms in total. The van der Waals surface area contributed by atoms with E-state index >= 15 is 0 Å². The Morgan fingerprint density at radius 1 is 0.315 bits per heavy atom. The van der Waals surface area contributed by atoms with E-state index in [4.69, 9.17) is 16.8 Å². The molecule has 0 spiro atoms. The summed E-state index contributed by atoms with van der Waals surface area (Å²) < 4.78 is 27.1. The molecule has 8 rings (SSSR count). The minimum absolute atomic E-state index is 0. The third kappa shape index (κ3) is 12.4. The molecule has 0 bridgehead atoms. The largest absolute Gasteiger partial charge is 0.427 e. The van der Waals surface area contributed by atoms with Gasteiger partial charge in [0.2, 0.25) is 16.0 Å². The molecule has 0 saturated carbocycles. The van der Waals surface area contributed by atoms with Gasteiger partial charge in [-0.2, -0.15) is 24.3 Å². The van der Waals surface area contributed by atoms with Gasteiger partial charge in [0.05, 0.1) is 10.3 Å². The van der Waals surface area contributed by atoms with E-state index in [1.54, 1.807) is 0 Å². The van der Waals surface area contributed by atoms with E-state index in [-0.39, 0.29) is 59.9 Å². The summed E-state index contributed by atoms with van der Waals surface area (Å²) in [5.41, 5.74) is 12.0. The zero-order valence-corrected chi connectivity index (χ0v) is 52.0. The number of rotatable bonds is 2. The summed E-state index contributed by atoms with van der Waals surface area (Å²) >= 11 is 0. The summed E-state index contributed by atoms with van der Waals surface area (Å²) in [6, 6.07) is 36.1. The molecule has 0 saturated heterocycles. The summed E-state index contributed by atoms with van der Waals surface area (Å²) in [6.45, 7) is 54.3. The zero-order chi connectivity index (χ0) is 53.7. The first-order valence-electron chi connectivity index (χ1n) is 26.3. The first kappa shape index (κ1) is 58.2. The van der Waals surface area contributed by atoms with E-state index in [2.05, 4.69) is 263 Å². The Hall–Kier alpha value is -4.10. The van der Waals surface area contributed by atoms with E-state index in [1.807, 2.05) is 0 Å². The van der Waals surface area contributed by atoms with E-state index in [9.17, 15) is 0 Å². The summed E-state index contributed by atoms with van der Waals surface area (Å²) in [7, 11) is -2.37. The molecule has 0 aliphatic rings. The molecule has 0 aliphatic heterocycles. The van der Waals surface area contributed by atoms with Gasteiger partial charge in [0, 0.05) is 27.9 Å². The Bertz CT molecular complexity index is 3110. The molecular weight excluding hydrogens is 975 g/mol. The van der Waals surface area contributed by atoms with Crippen molar-refractivity contribution in [3.8, 4) is 22.3 Å². The van der Waals surface area contributed by atoms with Crippen LogP contribution in [0.15, 0.2) is 114 Å². The Morgan fingerprint density at radius 2 is 0.616 bits per heavy atom. The minimum atomic E-state index is -1.19. The molecule has 0 N–H and O–H groups in total. The molecule has 73 heavy (non-hydrogen) atoms. The van der Waals surface area contributed by atoms with Crippen molar-refractivity contribution in [3.63, 3.8) is 0 Å². The number of fused-ring (bicyclic) bond motifs is 4. The van der Waals surface area contributed by atoms with Crippen LogP contribution in [-0.4, -0.2) is 0 Å². The van der Waals surface area contributed by atoms with Crippen molar-refractivity contribution in [2.24, 2.45) is 0 Å². The monoisotopic (exact) mass is 1060 g/mol. The van der Waals surface area contributed by atoms with Crippen LogP contribution < -0.4 is 0 Å². The molecule has 2 heterocycles. The van der Waals surface area contributed by atoms with Crippen LogP contribution in [0, 0.1) is 0 Å². The Morgan fingerprint density at radius 3 is 0.863 bits per heavy atom. The molecule has 0 aliphatic carbocycles. The van der Waals surface area contributed by atoms with Crippen molar-refractivity contribution in [3.05, 3.63) is 131 Å². The molecule has 2 unspecified atom stereocenters. The van der Waals surface area contributed by atoms with Gasteiger partial charge in [-0.25, -0.2) is 0 Å². The minimum Gasteiger partial charge on any atom is -0.427 e. The maximum absolute atomic E-state index is 6.85. The van der Waals surface area contributed by atoms with Crippen molar-refractivity contribution >= 4 is 59.5 Å². The van der Waals surface area contributed by atoms with Crippen LogP contribution >= 0.6 is 16.0 Å².